The first-order chi connectivity index (χ1) is 33.4. The molecule has 6 amide bonds. The first-order valence-electron chi connectivity index (χ1n) is 24.3. The van der Waals surface area contributed by atoms with Gasteiger partial charge in [0.15, 0.2) is 18.2 Å². The number of anilines is 1. The van der Waals surface area contributed by atoms with Crippen molar-refractivity contribution in [2.24, 2.45) is 11.7 Å². The minimum absolute atomic E-state index is 0.0127. The number of nitrogens with zero attached hydrogens (tertiary/aromatic N) is 3. The van der Waals surface area contributed by atoms with Gasteiger partial charge in [-0.15, -0.1) is 0 Å². The zero-order valence-electron chi connectivity index (χ0n) is 39.4. The molecule has 1 saturated carbocycles. The van der Waals surface area contributed by atoms with Crippen LogP contribution in [-0.2, 0) is 19.1 Å². The number of imide groups is 1. The molecule has 4 fully saturated rings. The molecule has 1 unspecified atom stereocenters. The first-order valence-corrected chi connectivity index (χ1v) is 24.6. The molecule has 0 aromatic heterocycles. The number of nitrogens with one attached hydrogen (secondary N) is 2. The lowest BCUT2D eigenvalue weighted by Gasteiger charge is -2.39. The summed E-state index contributed by atoms with van der Waals surface area (Å²) in [6.45, 7) is 7.11. The Balaban J connectivity index is 0.779. The number of benzene rings is 4. The Hall–Kier alpha value is -6.03. The lowest BCUT2D eigenvalue weighted by molar-refractivity contribution is -0.141. The van der Waals surface area contributed by atoms with E-state index < -0.39 is 17.8 Å². The standard InChI is InChI=1S/C53H62ClFN6O8/c1-3-67-46-18-16-41(51(56)64)49(50(46)55)42-29-36(12-17-44(42)54)43(34-7-5-4-6-8-34)31-57-37-13-10-35(11-14-37)52(65)60-26-21-39(22-27-60)69-38-19-24-59(25-20-38)48(63)32-68-40-15-9-33(2)45(30-40)61-28-23-47(62)58-53(61)66/h4-9,12,15-18,29-30,35,37-39,43,57H,3,10-11,13-14,19-28,31-32H2,1-2H3,(H2,56,64)(H,58,62,66). The molecule has 0 bridgehead atoms. The van der Waals surface area contributed by atoms with E-state index in [1.165, 1.54) is 17.0 Å². The molecule has 4 aliphatic rings. The highest BCUT2D eigenvalue weighted by molar-refractivity contribution is 6.33. The average molecular weight is 966 g/mol. The highest BCUT2D eigenvalue weighted by atomic mass is 35.5. The number of likely N-dealkylation sites (tertiary alicyclic amines) is 2. The molecule has 0 radical (unpaired) electrons. The Morgan fingerprint density at radius 3 is 2.19 bits per heavy atom. The molecule has 69 heavy (non-hydrogen) atoms. The number of amides is 6. The predicted molar refractivity (Wildman–Crippen MR) is 261 cm³/mol. The normalized spacial score (nSPS) is 19.8. The molecular weight excluding hydrogens is 903 g/mol. The number of carbonyl (C=O) groups excluding carboxylic acids is 5. The van der Waals surface area contributed by atoms with Gasteiger partial charge in [0.05, 0.1) is 30.1 Å². The number of ether oxygens (including phenoxy) is 3. The van der Waals surface area contributed by atoms with Crippen molar-refractivity contribution in [2.45, 2.75) is 95.8 Å². The second kappa shape index (κ2) is 22.6. The van der Waals surface area contributed by atoms with E-state index in [9.17, 15) is 24.0 Å². The van der Waals surface area contributed by atoms with E-state index in [-0.39, 0.29) is 95.9 Å². The predicted octanol–water partition coefficient (Wildman–Crippen LogP) is 7.76. The van der Waals surface area contributed by atoms with Crippen molar-refractivity contribution >= 4 is 46.9 Å². The topological polar surface area (TPSA) is 173 Å². The highest BCUT2D eigenvalue weighted by Crippen LogP contribution is 2.40. The third kappa shape index (κ3) is 11.9. The number of piperidine rings is 2. The molecule has 366 valence electrons. The molecule has 3 aliphatic heterocycles. The smallest absolute Gasteiger partial charge is 0.328 e. The summed E-state index contributed by atoms with van der Waals surface area (Å²) in [4.78, 5) is 68.8. The van der Waals surface area contributed by atoms with Crippen molar-refractivity contribution in [3.05, 3.63) is 112 Å². The summed E-state index contributed by atoms with van der Waals surface area (Å²) in [5.74, 6) is -1.30. The van der Waals surface area contributed by atoms with Crippen LogP contribution in [0.4, 0.5) is 14.9 Å². The van der Waals surface area contributed by atoms with Crippen molar-refractivity contribution in [2.75, 3.05) is 57.4 Å². The first kappa shape index (κ1) is 49.4. The van der Waals surface area contributed by atoms with E-state index >= 15 is 4.39 Å². The largest absolute Gasteiger partial charge is 0.491 e. The van der Waals surface area contributed by atoms with Gasteiger partial charge in [-0.25, -0.2) is 9.18 Å². The van der Waals surface area contributed by atoms with Gasteiger partial charge in [0.2, 0.25) is 17.7 Å². The molecule has 3 saturated heterocycles. The monoisotopic (exact) mass is 964 g/mol. The van der Waals surface area contributed by atoms with E-state index in [2.05, 4.69) is 22.8 Å². The molecule has 14 nitrogen and oxygen atoms in total. The summed E-state index contributed by atoms with van der Waals surface area (Å²) in [6.07, 6.45) is 6.69. The third-order valence-corrected chi connectivity index (χ3v) is 14.4. The minimum Gasteiger partial charge on any atom is -0.491 e. The zero-order valence-corrected chi connectivity index (χ0v) is 40.1. The number of nitrogens with two attached hydrogens (primary N) is 1. The van der Waals surface area contributed by atoms with Crippen LogP contribution in [0.5, 0.6) is 11.5 Å². The summed E-state index contributed by atoms with van der Waals surface area (Å²) in [5.41, 5.74) is 9.57. The van der Waals surface area contributed by atoms with Crippen LogP contribution in [0.15, 0.2) is 78.9 Å². The van der Waals surface area contributed by atoms with Crippen molar-refractivity contribution in [3.63, 3.8) is 0 Å². The second-order valence-corrected chi connectivity index (χ2v) is 18.9. The highest BCUT2D eigenvalue weighted by Gasteiger charge is 2.34. The Bertz CT molecular complexity index is 2510. The van der Waals surface area contributed by atoms with Gasteiger partial charge in [-0.05, 0) is 112 Å². The number of hydrogen-bond donors (Lipinski definition) is 3. The van der Waals surface area contributed by atoms with Crippen molar-refractivity contribution in [1.82, 2.24) is 20.4 Å². The van der Waals surface area contributed by atoms with Crippen LogP contribution in [0.25, 0.3) is 11.1 Å². The van der Waals surface area contributed by atoms with Crippen molar-refractivity contribution in [3.8, 4) is 22.6 Å². The summed E-state index contributed by atoms with van der Waals surface area (Å²) < 4.78 is 33.9. The fourth-order valence-corrected chi connectivity index (χ4v) is 10.4. The Morgan fingerprint density at radius 2 is 1.52 bits per heavy atom. The van der Waals surface area contributed by atoms with Gasteiger partial charge in [0.25, 0.3) is 5.91 Å². The van der Waals surface area contributed by atoms with Crippen LogP contribution in [0.1, 0.15) is 97.7 Å². The molecule has 4 N–H and O–H groups in total. The quantitative estimate of drug-likeness (QED) is 0.102. The molecule has 1 aliphatic carbocycles. The maximum atomic E-state index is 16.0. The lowest BCUT2D eigenvalue weighted by Crippen LogP contribution is -2.49. The van der Waals surface area contributed by atoms with Gasteiger partial charge in [-0.3, -0.25) is 29.4 Å². The van der Waals surface area contributed by atoms with Gasteiger partial charge in [0.1, 0.15) is 5.75 Å². The van der Waals surface area contributed by atoms with Crippen LogP contribution < -0.4 is 30.7 Å². The summed E-state index contributed by atoms with van der Waals surface area (Å²) in [5, 5.41) is 6.42. The van der Waals surface area contributed by atoms with Gasteiger partial charge in [0, 0.05) is 85.8 Å². The maximum Gasteiger partial charge on any atom is 0.328 e. The number of rotatable bonds is 16. The fraction of sp³-hybridized carbons (Fsp3) is 0.453. The van der Waals surface area contributed by atoms with E-state index in [1.807, 2.05) is 48.2 Å². The van der Waals surface area contributed by atoms with E-state index in [1.54, 1.807) is 30.0 Å². The number of urea groups is 1. The summed E-state index contributed by atoms with van der Waals surface area (Å²) in [7, 11) is 0. The molecule has 16 heteroatoms. The van der Waals surface area contributed by atoms with Crippen LogP contribution in [0, 0.1) is 18.7 Å². The molecule has 8 rings (SSSR count). The van der Waals surface area contributed by atoms with Crippen LogP contribution in [0.2, 0.25) is 5.02 Å². The van der Waals surface area contributed by atoms with Gasteiger partial charge in [-0.1, -0.05) is 54.1 Å². The molecule has 3 heterocycles. The molecule has 4 aromatic rings. The van der Waals surface area contributed by atoms with E-state index in [0.717, 1.165) is 68.1 Å². The maximum absolute atomic E-state index is 16.0. The van der Waals surface area contributed by atoms with E-state index in [4.69, 9.17) is 31.5 Å². The Labute approximate surface area is 407 Å². The van der Waals surface area contributed by atoms with Gasteiger partial charge < -0.3 is 35.1 Å². The van der Waals surface area contributed by atoms with Gasteiger partial charge >= 0.3 is 6.03 Å². The number of primary amides is 1. The summed E-state index contributed by atoms with van der Waals surface area (Å²) in [6, 6.07) is 23.5. The van der Waals surface area contributed by atoms with Crippen LogP contribution >= 0.6 is 11.6 Å². The number of hydrogen-bond acceptors (Lipinski definition) is 9. The number of aryl methyl sites for hydroxylation is 1. The molecule has 0 spiro atoms. The van der Waals surface area contributed by atoms with Crippen LogP contribution in [-0.4, -0.2) is 110 Å². The van der Waals surface area contributed by atoms with Crippen LogP contribution in [0.3, 0.4) is 0 Å². The Kier molecular flexibility index (Phi) is 16.2. The fourth-order valence-electron chi connectivity index (χ4n) is 10.2. The minimum atomic E-state index is -0.768. The van der Waals surface area contributed by atoms with E-state index in [0.29, 0.717) is 49.7 Å². The zero-order chi connectivity index (χ0) is 48.6. The van der Waals surface area contributed by atoms with Crippen molar-refractivity contribution < 1.29 is 42.6 Å². The molecule has 1 atom stereocenters. The van der Waals surface area contributed by atoms with Crippen molar-refractivity contribution in [1.29, 1.82) is 0 Å². The molecular formula is C53H62ClFN6O8. The Morgan fingerprint density at radius 1 is 0.826 bits per heavy atom. The average Bonchev–Trinajstić information content (AvgIpc) is 3.35. The third-order valence-electron chi connectivity index (χ3n) is 14.0. The molecule has 4 aromatic carbocycles. The number of carbonyl (C=O) groups is 5. The number of halogens is 2. The second-order valence-electron chi connectivity index (χ2n) is 18.5. The lowest BCUT2D eigenvalue weighted by atomic mass is 9.84. The summed E-state index contributed by atoms with van der Waals surface area (Å²) >= 11 is 6.72. The van der Waals surface area contributed by atoms with Gasteiger partial charge in [-0.2, -0.15) is 0 Å². The SMILES string of the molecule is CCOc1ccc(C(N)=O)c(-c2cc(C(CNC3CCC(C(=O)N4CCC(OC5CCN(C(=O)COc6ccc(C)c(N7CCC(=O)NC7=O)c6)CC5)CC4)CC3)c3ccccc3)ccc2Cl)c1F.